The van der Waals surface area contributed by atoms with Crippen molar-refractivity contribution in [2.75, 3.05) is 5.32 Å². The zero-order valence-electron chi connectivity index (χ0n) is 8.78. The molecule has 0 aromatic heterocycles. The highest BCUT2D eigenvalue weighted by Crippen LogP contribution is 2.15. The fourth-order valence-corrected chi connectivity index (χ4v) is 1.76. The minimum atomic E-state index is -0.198. The van der Waals surface area contributed by atoms with Gasteiger partial charge in [-0.2, -0.15) is 0 Å². The number of amidine groups is 2. The zero-order chi connectivity index (χ0) is 11.7. The van der Waals surface area contributed by atoms with Crippen molar-refractivity contribution < 1.29 is 0 Å². The molecule has 0 bridgehead atoms. The summed E-state index contributed by atoms with van der Waals surface area (Å²) in [7, 11) is 0. The Kier molecular flexibility index (Phi) is 2.49. The van der Waals surface area contributed by atoms with Gasteiger partial charge in [0.1, 0.15) is 18.5 Å². The van der Waals surface area contributed by atoms with Crippen molar-refractivity contribution in [2.45, 2.75) is 10.9 Å². The van der Waals surface area contributed by atoms with Crippen LogP contribution in [0.5, 0.6) is 0 Å². The van der Waals surface area contributed by atoms with E-state index < -0.39 is 0 Å². The molecule has 1 aromatic rings. The van der Waals surface area contributed by atoms with Crippen LogP contribution < -0.4 is 5.32 Å². The lowest BCUT2D eigenvalue weighted by molar-refractivity contribution is 1.13. The Labute approximate surface area is 104 Å². The van der Waals surface area contributed by atoms with E-state index in [9.17, 15) is 0 Å². The van der Waals surface area contributed by atoms with Crippen LogP contribution in [-0.4, -0.2) is 30.4 Å². The topological polar surface area (TPSA) is 61.5 Å². The zero-order valence-corrected chi connectivity index (χ0v) is 9.67. The molecule has 17 heavy (non-hydrogen) atoms. The summed E-state index contributed by atoms with van der Waals surface area (Å²) in [4.78, 5) is 17.4. The molecule has 3 rings (SSSR count). The number of fused-ring (bicyclic) bond motifs is 1. The summed E-state index contributed by atoms with van der Waals surface area (Å²) >= 11 is 4.24. The maximum absolute atomic E-state index is 4.24. The monoisotopic (exact) mass is 243 g/mol. The van der Waals surface area contributed by atoms with E-state index in [1.54, 1.807) is 0 Å². The second-order valence-corrected chi connectivity index (χ2v) is 4.10. The van der Waals surface area contributed by atoms with Gasteiger partial charge in [-0.05, 0) is 24.3 Å². The van der Waals surface area contributed by atoms with E-state index in [1.807, 2.05) is 24.3 Å². The van der Waals surface area contributed by atoms with Gasteiger partial charge in [0.15, 0.2) is 11.9 Å². The number of thiol groups is 1. The van der Waals surface area contributed by atoms with Crippen molar-refractivity contribution in [3.05, 3.63) is 24.3 Å². The standard InChI is InChI=1S/C11H9N5S/c17-8-3-1-7(2-4-8)16-11-9-10(13-5-12-9)14-6-15-11/h1-6,9,17H,(H,12,13,14,15,16). The molecule has 1 aromatic carbocycles. The number of nitrogens with one attached hydrogen (secondary N) is 1. The summed E-state index contributed by atoms with van der Waals surface area (Å²) in [6.45, 7) is 0. The van der Waals surface area contributed by atoms with Crippen LogP contribution in [0.4, 0.5) is 5.69 Å². The molecule has 0 amide bonds. The average molecular weight is 243 g/mol. The van der Waals surface area contributed by atoms with E-state index in [-0.39, 0.29) is 6.04 Å². The van der Waals surface area contributed by atoms with Gasteiger partial charge >= 0.3 is 0 Å². The molecule has 0 radical (unpaired) electrons. The number of hydrogen-bond acceptors (Lipinski definition) is 6. The Morgan fingerprint density at radius 1 is 1.06 bits per heavy atom. The summed E-state index contributed by atoms with van der Waals surface area (Å²) in [6, 6.07) is 7.50. The molecule has 2 aliphatic rings. The summed E-state index contributed by atoms with van der Waals surface area (Å²) in [5.74, 6) is 1.41. The Morgan fingerprint density at radius 2 is 1.88 bits per heavy atom. The van der Waals surface area contributed by atoms with Crippen LogP contribution in [0.3, 0.4) is 0 Å². The summed E-state index contributed by atoms with van der Waals surface area (Å²) in [5.41, 5.74) is 0.943. The molecule has 2 heterocycles. The first kappa shape index (κ1) is 10.2. The molecule has 0 fully saturated rings. The predicted octanol–water partition coefficient (Wildman–Crippen LogP) is 1.64. The predicted molar refractivity (Wildman–Crippen MR) is 73.0 cm³/mol. The van der Waals surface area contributed by atoms with Crippen molar-refractivity contribution in [2.24, 2.45) is 20.0 Å². The van der Waals surface area contributed by atoms with Crippen LogP contribution in [0.15, 0.2) is 49.1 Å². The molecule has 0 saturated heterocycles. The summed E-state index contributed by atoms with van der Waals surface area (Å²) < 4.78 is 0. The van der Waals surface area contributed by atoms with Crippen molar-refractivity contribution in [3.8, 4) is 0 Å². The lowest BCUT2D eigenvalue weighted by Crippen LogP contribution is -2.33. The number of nitrogens with zero attached hydrogens (tertiary/aromatic N) is 4. The SMILES string of the molecule is Sc1ccc(NC2=NC=NC3=NC=NC32)cc1. The fourth-order valence-electron chi connectivity index (χ4n) is 1.61. The third-order valence-corrected chi connectivity index (χ3v) is 2.73. The number of hydrogen-bond donors (Lipinski definition) is 2. The van der Waals surface area contributed by atoms with E-state index in [0.29, 0.717) is 5.84 Å². The molecular formula is C11H9N5S. The largest absolute Gasteiger partial charge is 0.341 e. The van der Waals surface area contributed by atoms with Gasteiger partial charge in [-0.3, -0.25) is 4.99 Å². The van der Waals surface area contributed by atoms with Gasteiger partial charge < -0.3 is 5.32 Å². The van der Waals surface area contributed by atoms with Crippen LogP contribution in [0.1, 0.15) is 0 Å². The van der Waals surface area contributed by atoms with Crippen LogP contribution in [0, 0.1) is 0 Å². The van der Waals surface area contributed by atoms with Crippen LogP contribution in [-0.2, 0) is 0 Å². The second kappa shape index (κ2) is 4.14. The Balaban J connectivity index is 1.84. The quantitative estimate of drug-likeness (QED) is 0.724. The average Bonchev–Trinajstić information content (AvgIpc) is 2.81. The Hall–Kier alpha value is -1.95. The fraction of sp³-hybridized carbons (Fsp3) is 0.0909. The van der Waals surface area contributed by atoms with Gasteiger partial charge in [0.05, 0.1) is 0 Å². The van der Waals surface area contributed by atoms with Gasteiger partial charge in [0.25, 0.3) is 0 Å². The number of benzene rings is 1. The molecule has 1 unspecified atom stereocenters. The minimum absolute atomic E-state index is 0.198. The normalized spacial score (nSPS) is 20.9. The van der Waals surface area contributed by atoms with E-state index in [1.165, 1.54) is 12.7 Å². The second-order valence-electron chi connectivity index (χ2n) is 3.59. The van der Waals surface area contributed by atoms with Gasteiger partial charge in [0.2, 0.25) is 0 Å². The number of aliphatic imine (C=N–C) groups is 4. The van der Waals surface area contributed by atoms with Crippen LogP contribution >= 0.6 is 12.6 Å². The van der Waals surface area contributed by atoms with Crippen molar-refractivity contribution in [3.63, 3.8) is 0 Å². The molecule has 0 aliphatic carbocycles. The van der Waals surface area contributed by atoms with E-state index in [4.69, 9.17) is 0 Å². The molecule has 84 valence electrons. The molecule has 0 spiro atoms. The highest BCUT2D eigenvalue weighted by atomic mass is 32.1. The van der Waals surface area contributed by atoms with E-state index in [0.717, 1.165) is 16.4 Å². The molecule has 2 aliphatic heterocycles. The summed E-state index contributed by atoms with van der Waals surface area (Å²) in [5, 5.41) is 3.21. The molecule has 1 atom stereocenters. The van der Waals surface area contributed by atoms with E-state index >= 15 is 0 Å². The maximum Gasteiger partial charge on any atom is 0.169 e. The first-order valence-electron chi connectivity index (χ1n) is 5.08. The lowest BCUT2D eigenvalue weighted by atomic mass is 10.2. The molecular weight excluding hydrogens is 234 g/mol. The molecule has 6 heteroatoms. The highest BCUT2D eigenvalue weighted by molar-refractivity contribution is 7.80. The smallest absolute Gasteiger partial charge is 0.169 e. The summed E-state index contributed by atoms with van der Waals surface area (Å²) in [6.07, 6.45) is 3.00. The van der Waals surface area contributed by atoms with E-state index in [2.05, 4.69) is 37.9 Å². The Morgan fingerprint density at radius 3 is 2.71 bits per heavy atom. The van der Waals surface area contributed by atoms with Crippen LogP contribution in [0.25, 0.3) is 0 Å². The van der Waals surface area contributed by atoms with Gasteiger partial charge in [0, 0.05) is 10.6 Å². The van der Waals surface area contributed by atoms with Crippen molar-refractivity contribution >= 4 is 42.7 Å². The molecule has 0 saturated carbocycles. The van der Waals surface area contributed by atoms with Gasteiger partial charge in [-0.1, -0.05) is 0 Å². The number of rotatable bonds is 1. The molecule has 1 N–H and O–H groups in total. The first-order valence-corrected chi connectivity index (χ1v) is 5.53. The van der Waals surface area contributed by atoms with Gasteiger partial charge in [-0.15, -0.1) is 12.6 Å². The Bertz CT molecular complexity index is 556. The molecule has 5 nitrogen and oxygen atoms in total. The maximum atomic E-state index is 4.24. The first-order chi connectivity index (χ1) is 8.33. The van der Waals surface area contributed by atoms with Crippen molar-refractivity contribution in [1.82, 2.24) is 0 Å². The third-order valence-electron chi connectivity index (χ3n) is 2.44. The van der Waals surface area contributed by atoms with Crippen molar-refractivity contribution in [1.29, 1.82) is 0 Å². The lowest BCUT2D eigenvalue weighted by Gasteiger charge is -2.15. The number of anilines is 1. The third kappa shape index (κ3) is 1.99. The van der Waals surface area contributed by atoms with Crippen LogP contribution in [0.2, 0.25) is 0 Å². The van der Waals surface area contributed by atoms with Gasteiger partial charge in [-0.25, -0.2) is 15.0 Å². The minimum Gasteiger partial charge on any atom is -0.341 e. The highest BCUT2D eigenvalue weighted by Gasteiger charge is 2.26.